The van der Waals surface area contributed by atoms with E-state index in [0.717, 1.165) is 88.6 Å². The van der Waals surface area contributed by atoms with Crippen molar-refractivity contribution in [2.75, 3.05) is 102 Å². The van der Waals surface area contributed by atoms with Gasteiger partial charge in [-0.1, -0.05) is 12.1 Å². The van der Waals surface area contributed by atoms with Gasteiger partial charge in [0, 0.05) is 71.4 Å². The van der Waals surface area contributed by atoms with Crippen LogP contribution in [0, 0.1) is 6.92 Å². The Bertz CT molecular complexity index is 1930. The molecule has 4 aromatic rings. The zero-order chi connectivity index (χ0) is 37.5. The lowest BCUT2D eigenvalue weighted by molar-refractivity contribution is -0.132. The van der Waals surface area contributed by atoms with Gasteiger partial charge >= 0.3 is 0 Å². The second-order valence-electron chi connectivity index (χ2n) is 14.1. The van der Waals surface area contributed by atoms with Crippen molar-refractivity contribution in [2.24, 2.45) is 0 Å². The number of anilines is 3. The summed E-state index contributed by atoms with van der Waals surface area (Å²) in [6.45, 7) is 9.56. The Labute approximate surface area is 348 Å². The third-order valence-electron chi connectivity index (χ3n) is 10.2. The number of aromatic amines is 1. The van der Waals surface area contributed by atoms with E-state index in [1.807, 2.05) is 48.2 Å². The Balaban J connectivity index is 0.00000280. The van der Waals surface area contributed by atoms with Crippen LogP contribution in [0.2, 0.25) is 0 Å². The fourth-order valence-corrected chi connectivity index (χ4v) is 6.76. The Kier molecular flexibility index (Phi) is 17.5. The van der Waals surface area contributed by atoms with Crippen LogP contribution < -0.4 is 24.6 Å². The predicted molar refractivity (Wildman–Crippen MR) is 230 cm³/mol. The molecule has 2 aliphatic heterocycles. The minimum Gasteiger partial charge on any atom is -0.496 e. The van der Waals surface area contributed by atoms with Gasteiger partial charge in [0.25, 0.3) is 11.8 Å². The number of carbonyl (C=O) groups is 3. The lowest BCUT2D eigenvalue weighted by Crippen LogP contribution is -2.47. The quantitative estimate of drug-likeness (QED) is 0.153. The molecule has 16 heteroatoms. The highest BCUT2D eigenvalue weighted by Crippen LogP contribution is 2.32. The first-order valence-electron chi connectivity index (χ1n) is 18.5. The molecule has 6 rings (SSSR count). The van der Waals surface area contributed by atoms with Gasteiger partial charge in [0.2, 0.25) is 11.9 Å². The van der Waals surface area contributed by atoms with E-state index in [2.05, 4.69) is 39.1 Å². The molecule has 56 heavy (non-hydrogen) atoms. The highest BCUT2D eigenvalue weighted by atomic mass is 35.5. The molecular formula is C40H55Cl3N8O5. The van der Waals surface area contributed by atoms with E-state index in [1.165, 1.54) is 7.11 Å². The molecule has 2 saturated heterocycles. The van der Waals surface area contributed by atoms with E-state index in [4.69, 9.17) is 14.5 Å². The number of imidazole rings is 1. The second-order valence-corrected chi connectivity index (χ2v) is 14.1. The van der Waals surface area contributed by atoms with Crippen molar-refractivity contribution >= 4 is 83.3 Å². The number of unbranched alkanes of at least 4 members (excludes halogenated alkanes) is 2. The second kappa shape index (κ2) is 21.3. The molecule has 3 aromatic carbocycles. The summed E-state index contributed by atoms with van der Waals surface area (Å²) in [5, 5.41) is 3.00. The maximum absolute atomic E-state index is 13.8. The summed E-state index contributed by atoms with van der Waals surface area (Å²) in [7, 11) is 7.38. The fraction of sp³-hybridized carbons (Fsp3) is 0.450. The minimum absolute atomic E-state index is 0. The van der Waals surface area contributed by atoms with Crippen LogP contribution in [0.3, 0.4) is 0 Å². The molecule has 3 heterocycles. The lowest BCUT2D eigenvalue weighted by Gasteiger charge is -2.32. The van der Waals surface area contributed by atoms with Gasteiger partial charge in [-0.25, -0.2) is 4.98 Å². The highest BCUT2D eigenvalue weighted by molar-refractivity contribution is 6.11. The van der Waals surface area contributed by atoms with Gasteiger partial charge in [-0.05, 0) is 88.3 Å². The summed E-state index contributed by atoms with van der Waals surface area (Å²) in [6.07, 6.45) is 3.05. The molecule has 0 aliphatic carbocycles. The van der Waals surface area contributed by atoms with E-state index in [0.29, 0.717) is 46.8 Å². The lowest BCUT2D eigenvalue weighted by atomic mass is 10.1. The van der Waals surface area contributed by atoms with Crippen LogP contribution in [0.15, 0.2) is 54.6 Å². The summed E-state index contributed by atoms with van der Waals surface area (Å²) in [5.74, 6) is 1.26. The number of likely N-dealkylation sites (N-methyl/N-ethyl adjacent to an activating group) is 2. The molecular weight excluding hydrogens is 779 g/mol. The van der Waals surface area contributed by atoms with Crippen LogP contribution in [0.4, 0.5) is 17.3 Å². The standard InChI is InChI=1S/C40H52N8O5.3ClH/c1-28-13-16-33(35(26-28)53-25-8-6-7-12-36(49)47-21-17-44(2)18-22-47)46(4)39(51)29-14-15-30(34(27-29)52-5)38(50)41-31-10-9-11-32-37(31)43-40(42-32)48-23-19-45(3)20-24-48;;;/h9-11,13-16,26-27H,6-8,12,17-25H2,1-5H3,(H,41,50)(H,42,43);3*1H. The molecule has 0 atom stereocenters. The monoisotopic (exact) mass is 832 g/mol. The van der Waals surface area contributed by atoms with Crippen molar-refractivity contribution in [3.05, 3.63) is 71.3 Å². The number of halogens is 3. The number of rotatable bonds is 13. The molecule has 1 aromatic heterocycles. The zero-order valence-corrected chi connectivity index (χ0v) is 35.3. The Morgan fingerprint density at radius 1 is 0.839 bits per heavy atom. The van der Waals surface area contributed by atoms with Crippen molar-refractivity contribution in [1.82, 2.24) is 24.7 Å². The number of aryl methyl sites for hydroxylation is 1. The molecule has 2 N–H and O–H groups in total. The normalized spacial score (nSPS) is 14.6. The summed E-state index contributed by atoms with van der Waals surface area (Å²) in [5.41, 5.74) is 4.40. The summed E-state index contributed by atoms with van der Waals surface area (Å²) >= 11 is 0. The van der Waals surface area contributed by atoms with E-state index in [-0.39, 0.29) is 60.7 Å². The maximum atomic E-state index is 13.8. The van der Waals surface area contributed by atoms with Crippen molar-refractivity contribution in [3.63, 3.8) is 0 Å². The molecule has 2 fully saturated rings. The molecule has 306 valence electrons. The van der Waals surface area contributed by atoms with E-state index < -0.39 is 0 Å². The van der Waals surface area contributed by atoms with Gasteiger partial charge in [0.1, 0.15) is 17.0 Å². The van der Waals surface area contributed by atoms with Crippen LogP contribution in [0.5, 0.6) is 11.5 Å². The van der Waals surface area contributed by atoms with E-state index >= 15 is 0 Å². The van der Waals surface area contributed by atoms with Crippen LogP contribution in [0.1, 0.15) is 52.0 Å². The van der Waals surface area contributed by atoms with Gasteiger partial charge in [-0.2, -0.15) is 0 Å². The molecule has 2 aliphatic rings. The summed E-state index contributed by atoms with van der Waals surface area (Å²) < 4.78 is 11.8. The van der Waals surface area contributed by atoms with E-state index in [1.54, 1.807) is 30.1 Å². The van der Waals surface area contributed by atoms with Crippen LogP contribution in [-0.4, -0.2) is 130 Å². The minimum atomic E-state index is -0.372. The van der Waals surface area contributed by atoms with Crippen molar-refractivity contribution in [2.45, 2.75) is 32.6 Å². The number of para-hydroxylation sites is 1. The number of amides is 3. The largest absolute Gasteiger partial charge is 0.496 e. The molecule has 0 saturated carbocycles. The van der Waals surface area contributed by atoms with Gasteiger partial charge in [0.15, 0.2) is 0 Å². The van der Waals surface area contributed by atoms with Crippen molar-refractivity contribution in [3.8, 4) is 11.5 Å². The number of H-pyrrole nitrogens is 1. The number of ether oxygens (including phenoxy) is 2. The van der Waals surface area contributed by atoms with Gasteiger partial charge < -0.3 is 44.3 Å². The van der Waals surface area contributed by atoms with E-state index in [9.17, 15) is 14.4 Å². The van der Waals surface area contributed by atoms with Crippen LogP contribution in [0.25, 0.3) is 11.0 Å². The van der Waals surface area contributed by atoms with Gasteiger partial charge in [-0.3, -0.25) is 14.4 Å². The Morgan fingerprint density at radius 2 is 1.54 bits per heavy atom. The molecule has 3 amide bonds. The number of fused-ring (bicyclic) bond motifs is 1. The topological polar surface area (TPSA) is 127 Å². The number of nitrogens with zero attached hydrogens (tertiary/aromatic N) is 6. The summed E-state index contributed by atoms with van der Waals surface area (Å²) in [4.78, 5) is 58.5. The first-order valence-corrected chi connectivity index (χ1v) is 18.5. The smallest absolute Gasteiger partial charge is 0.259 e. The average Bonchev–Trinajstić information content (AvgIpc) is 3.61. The van der Waals surface area contributed by atoms with Gasteiger partial charge in [0.05, 0.1) is 36.2 Å². The van der Waals surface area contributed by atoms with Crippen LogP contribution >= 0.6 is 37.2 Å². The highest BCUT2D eigenvalue weighted by Gasteiger charge is 2.23. The zero-order valence-electron chi connectivity index (χ0n) is 32.8. The number of hydrogen-bond donors (Lipinski definition) is 2. The number of hydrogen-bond acceptors (Lipinski definition) is 9. The number of piperazine rings is 2. The number of aromatic nitrogens is 2. The Morgan fingerprint density at radius 3 is 2.23 bits per heavy atom. The number of methoxy groups -OCH3 is 1. The molecule has 0 unspecified atom stereocenters. The predicted octanol–water partition coefficient (Wildman–Crippen LogP) is 6.14. The third-order valence-corrected chi connectivity index (χ3v) is 10.2. The first kappa shape index (κ1) is 46.1. The SMILES string of the molecule is COc1cc(C(=O)N(C)c2ccc(C)cc2OCCCCCC(=O)N2CCN(C)CC2)ccc1C(=O)Nc1cccc2[nH]c(N3CCN(C)CC3)nc12.Cl.Cl.Cl. The summed E-state index contributed by atoms with van der Waals surface area (Å²) in [6, 6.07) is 16.2. The van der Waals surface area contributed by atoms with Crippen molar-refractivity contribution in [1.29, 1.82) is 0 Å². The van der Waals surface area contributed by atoms with Crippen molar-refractivity contribution < 1.29 is 23.9 Å². The third kappa shape index (κ3) is 11.2. The van der Waals surface area contributed by atoms with Gasteiger partial charge in [-0.15, -0.1) is 37.2 Å². The van der Waals surface area contributed by atoms with Crippen LogP contribution in [-0.2, 0) is 4.79 Å². The molecule has 0 spiro atoms. The Hall–Kier alpha value is -4.27. The first-order chi connectivity index (χ1) is 25.6. The number of carbonyl (C=O) groups excluding carboxylic acids is 3. The maximum Gasteiger partial charge on any atom is 0.259 e. The molecule has 0 radical (unpaired) electrons. The number of benzene rings is 3. The average molecular weight is 834 g/mol. The molecule has 13 nitrogen and oxygen atoms in total. The molecule has 0 bridgehead atoms. The fourth-order valence-electron chi connectivity index (χ4n) is 6.76. The number of nitrogens with one attached hydrogen (secondary N) is 2.